The van der Waals surface area contributed by atoms with Crippen LogP contribution in [0.4, 0.5) is 0 Å². The predicted molar refractivity (Wildman–Crippen MR) is 58.6 cm³/mol. The molecule has 0 heterocycles. The predicted octanol–water partition coefficient (Wildman–Crippen LogP) is 2.60. The van der Waals surface area contributed by atoms with Crippen LogP contribution in [0.25, 0.3) is 0 Å². The van der Waals surface area contributed by atoms with Crippen molar-refractivity contribution in [2.75, 3.05) is 12.9 Å². The maximum atomic E-state index is 11.2. The summed E-state index contributed by atoms with van der Waals surface area (Å²) in [5.74, 6) is 0.466. The molecule has 1 rings (SSSR count). The summed E-state index contributed by atoms with van der Waals surface area (Å²) in [6, 6.07) is 7.47. The number of carbonyl (C=O) groups is 1. The molecule has 1 aromatic carbocycles. The maximum absolute atomic E-state index is 11.2. The zero-order valence-corrected chi connectivity index (χ0v) is 8.97. The summed E-state index contributed by atoms with van der Waals surface area (Å²) < 4.78 is 4.64. The Labute approximate surface area is 89.7 Å². The van der Waals surface area contributed by atoms with E-state index in [9.17, 15) is 4.79 Å². The van der Waals surface area contributed by atoms with Gasteiger partial charge in [-0.15, -0.1) is 0 Å². The van der Waals surface area contributed by atoms with Gasteiger partial charge in [0.2, 0.25) is 0 Å². The van der Waals surface area contributed by atoms with Gasteiger partial charge in [0.15, 0.2) is 0 Å². The molecule has 0 aliphatic rings. The van der Waals surface area contributed by atoms with Gasteiger partial charge in [0.05, 0.1) is 12.7 Å². The van der Waals surface area contributed by atoms with Gasteiger partial charge in [0, 0.05) is 5.75 Å². The van der Waals surface area contributed by atoms with Gasteiger partial charge < -0.3 is 4.74 Å². The largest absolute Gasteiger partial charge is 0.465 e. The minimum Gasteiger partial charge on any atom is -0.465 e. The van der Waals surface area contributed by atoms with Crippen molar-refractivity contribution in [3.05, 3.63) is 35.4 Å². The Hall–Kier alpha value is -0.960. The number of aryl methyl sites for hydroxylation is 1. The highest BCUT2D eigenvalue weighted by molar-refractivity contribution is 7.80. The number of hydrogen-bond acceptors (Lipinski definition) is 2. The van der Waals surface area contributed by atoms with E-state index in [0.29, 0.717) is 5.56 Å². The SMILES string of the molecule is COC(=O)c1cccc(CCC[S])c1. The van der Waals surface area contributed by atoms with Crippen molar-refractivity contribution >= 4 is 18.6 Å². The van der Waals surface area contributed by atoms with Crippen LogP contribution in [0.5, 0.6) is 0 Å². The Morgan fingerprint density at radius 3 is 2.93 bits per heavy atom. The van der Waals surface area contributed by atoms with Crippen molar-refractivity contribution in [2.45, 2.75) is 12.8 Å². The summed E-state index contributed by atoms with van der Waals surface area (Å²) in [5.41, 5.74) is 1.74. The van der Waals surface area contributed by atoms with Crippen LogP contribution in [0.1, 0.15) is 22.3 Å². The topological polar surface area (TPSA) is 26.3 Å². The van der Waals surface area contributed by atoms with Gasteiger partial charge >= 0.3 is 5.97 Å². The number of benzene rings is 1. The molecule has 0 atom stereocenters. The average molecular weight is 209 g/mol. The number of carbonyl (C=O) groups excluding carboxylic acids is 1. The van der Waals surface area contributed by atoms with E-state index < -0.39 is 0 Å². The summed E-state index contributed by atoms with van der Waals surface area (Å²) in [6.07, 6.45) is 1.90. The van der Waals surface area contributed by atoms with Gasteiger partial charge in [-0.25, -0.2) is 4.79 Å². The van der Waals surface area contributed by atoms with E-state index >= 15 is 0 Å². The second-order valence-corrected chi connectivity index (χ2v) is 3.41. The van der Waals surface area contributed by atoms with Crippen LogP contribution in [0, 0.1) is 0 Å². The first-order valence-corrected chi connectivity index (χ1v) is 5.11. The molecule has 0 bridgehead atoms. The van der Waals surface area contributed by atoms with Gasteiger partial charge in [0.1, 0.15) is 0 Å². The van der Waals surface area contributed by atoms with Crippen molar-refractivity contribution in [1.82, 2.24) is 0 Å². The molecule has 2 nitrogen and oxygen atoms in total. The molecule has 1 radical (unpaired) electrons. The minimum absolute atomic E-state index is 0.287. The Kier molecular flexibility index (Phi) is 4.53. The van der Waals surface area contributed by atoms with Crippen molar-refractivity contribution in [3.63, 3.8) is 0 Å². The lowest BCUT2D eigenvalue weighted by atomic mass is 10.1. The van der Waals surface area contributed by atoms with Crippen LogP contribution >= 0.6 is 12.6 Å². The average Bonchev–Trinajstić information content (AvgIpc) is 2.25. The molecule has 0 aromatic heterocycles. The zero-order chi connectivity index (χ0) is 10.4. The summed E-state index contributed by atoms with van der Waals surface area (Å²) in [6.45, 7) is 0. The second-order valence-electron chi connectivity index (χ2n) is 3.00. The van der Waals surface area contributed by atoms with Crippen LogP contribution < -0.4 is 0 Å². The van der Waals surface area contributed by atoms with E-state index in [0.717, 1.165) is 24.2 Å². The molecule has 1 aromatic rings. The molecule has 0 fully saturated rings. The number of esters is 1. The van der Waals surface area contributed by atoms with Gasteiger partial charge in [-0.05, 0) is 30.5 Å². The van der Waals surface area contributed by atoms with E-state index in [-0.39, 0.29) is 5.97 Å². The van der Waals surface area contributed by atoms with Gasteiger partial charge in [-0.2, -0.15) is 0 Å². The van der Waals surface area contributed by atoms with E-state index in [1.807, 2.05) is 18.2 Å². The molecule has 0 saturated carbocycles. The normalized spacial score (nSPS) is 9.86. The van der Waals surface area contributed by atoms with E-state index in [4.69, 9.17) is 12.6 Å². The van der Waals surface area contributed by atoms with Crippen LogP contribution in [-0.4, -0.2) is 18.8 Å². The fourth-order valence-corrected chi connectivity index (χ4v) is 1.39. The molecule has 0 aliphatic carbocycles. The fraction of sp³-hybridized carbons (Fsp3) is 0.364. The van der Waals surface area contributed by atoms with Crippen molar-refractivity contribution in [3.8, 4) is 0 Å². The fourth-order valence-electron chi connectivity index (χ4n) is 1.25. The molecule has 14 heavy (non-hydrogen) atoms. The van der Waals surface area contributed by atoms with Crippen molar-refractivity contribution in [1.29, 1.82) is 0 Å². The maximum Gasteiger partial charge on any atom is 0.337 e. The molecule has 0 unspecified atom stereocenters. The number of methoxy groups -OCH3 is 1. The molecule has 0 amide bonds. The Morgan fingerprint density at radius 2 is 2.29 bits per heavy atom. The Morgan fingerprint density at radius 1 is 1.50 bits per heavy atom. The van der Waals surface area contributed by atoms with E-state index in [1.54, 1.807) is 6.07 Å². The number of ether oxygens (including phenoxy) is 1. The quantitative estimate of drug-likeness (QED) is 0.712. The van der Waals surface area contributed by atoms with Crippen molar-refractivity contribution in [2.24, 2.45) is 0 Å². The first-order valence-electron chi connectivity index (χ1n) is 4.53. The second kappa shape index (κ2) is 5.70. The standard InChI is InChI=1S/C11H13O2S/c1-13-11(12)10-6-2-4-9(8-10)5-3-7-14/h2,4,6,8H,3,5,7H2,1H3. The molecular weight excluding hydrogens is 196 g/mol. The Bertz CT molecular complexity index is 310. The highest BCUT2D eigenvalue weighted by Gasteiger charge is 2.04. The number of rotatable bonds is 4. The molecule has 0 aliphatic heterocycles. The molecular formula is C11H13O2S. The summed E-state index contributed by atoms with van der Waals surface area (Å²) in [7, 11) is 1.39. The first-order chi connectivity index (χ1) is 6.77. The van der Waals surface area contributed by atoms with E-state index in [1.165, 1.54) is 7.11 Å². The van der Waals surface area contributed by atoms with Gasteiger partial charge in [0.25, 0.3) is 0 Å². The highest BCUT2D eigenvalue weighted by Crippen LogP contribution is 2.08. The molecule has 75 valence electrons. The molecule has 0 N–H and O–H groups in total. The molecule has 0 spiro atoms. The highest BCUT2D eigenvalue weighted by atomic mass is 32.1. The van der Waals surface area contributed by atoms with Crippen LogP contribution in [0.3, 0.4) is 0 Å². The van der Waals surface area contributed by atoms with Gasteiger partial charge in [-0.3, -0.25) is 0 Å². The monoisotopic (exact) mass is 209 g/mol. The lowest BCUT2D eigenvalue weighted by Gasteiger charge is -2.02. The van der Waals surface area contributed by atoms with Crippen LogP contribution in [-0.2, 0) is 11.2 Å². The molecule has 3 heteroatoms. The minimum atomic E-state index is -0.287. The van der Waals surface area contributed by atoms with E-state index in [2.05, 4.69) is 4.74 Å². The van der Waals surface area contributed by atoms with Crippen molar-refractivity contribution < 1.29 is 9.53 Å². The summed E-state index contributed by atoms with van der Waals surface area (Å²) >= 11 is 4.87. The van der Waals surface area contributed by atoms with Crippen LogP contribution in [0.15, 0.2) is 24.3 Å². The summed E-state index contributed by atoms with van der Waals surface area (Å²) in [4.78, 5) is 11.2. The van der Waals surface area contributed by atoms with Gasteiger partial charge in [-0.1, -0.05) is 24.8 Å². The lowest BCUT2D eigenvalue weighted by Crippen LogP contribution is -2.01. The third-order valence-electron chi connectivity index (χ3n) is 1.96. The molecule has 0 saturated heterocycles. The number of hydrogen-bond donors (Lipinski definition) is 0. The van der Waals surface area contributed by atoms with Crippen LogP contribution in [0.2, 0.25) is 0 Å². The first kappa shape index (κ1) is 11.1. The third kappa shape index (κ3) is 3.07. The third-order valence-corrected chi connectivity index (χ3v) is 2.25. The zero-order valence-electron chi connectivity index (χ0n) is 8.16. The smallest absolute Gasteiger partial charge is 0.337 e. The lowest BCUT2D eigenvalue weighted by molar-refractivity contribution is 0.0600. The summed E-state index contributed by atoms with van der Waals surface area (Å²) in [5, 5.41) is 0. The Balaban J connectivity index is 2.73.